The third-order valence-corrected chi connectivity index (χ3v) is 2.66. The van der Waals surface area contributed by atoms with E-state index in [1.165, 1.54) is 0 Å². The highest BCUT2D eigenvalue weighted by molar-refractivity contribution is 5.92. The van der Waals surface area contributed by atoms with Gasteiger partial charge in [-0.2, -0.15) is 0 Å². The number of nitrogens with two attached hydrogens (primary N) is 2. The monoisotopic (exact) mass is 257 g/mol. The Morgan fingerprint density at radius 3 is 2.26 bits per heavy atom. The number of nitrogens with one attached hydrogen (secondary N) is 1. The Bertz CT molecular complexity index is 550. The van der Waals surface area contributed by atoms with Gasteiger partial charge in [-0.25, -0.2) is 0 Å². The van der Waals surface area contributed by atoms with Gasteiger partial charge >= 0.3 is 0 Å². The third kappa shape index (κ3) is 3.46. The lowest BCUT2D eigenvalue weighted by Gasteiger charge is -2.10. The van der Waals surface area contributed by atoms with Crippen molar-refractivity contribution < 1.29 is 10.1 Å². The molecule has 2 aromatic carbocycles. The zero-order valence-corrected chi connectivity index (χ0v) is 10.3. The zero-order valence-electron chi connectivity index (χ0n) is 10.3. The molecular weight excluding hydrogens is 242 g/mol. The number of rotatable bonds is 5. The molecular formula is C14H15N3O2. The second-order valence-corrected chi connectivity index (χ2v) is 4.07. The van der Waals surface area contributed by atoms with E-state index in [-0.39, 0.29) is 0 Å². The molecule has 0 atom stereocenters. The van der Waals surface area contributed by atoms with E-state index >= 15 is 0 Å². The van der Waals surface area contributed by atoms with Crippen LogP contribution in [-0.2, 0) is 6.61 Å². The fourth-order valence-electron chi connectivity index (χ4n) is 1.58. The van der Waals surface area contributed by atoms with Gasteiger partial charge in [0, 0.05) is 5.69 Å². The summed E-state index contributed by atoms with van der Waals surface area (Å²) < 4.78 is 5.59. The second-order valence-electron chi connectivity index (χ2n) is 4.07. The van der Waals surface area contributed by atoms with E-state index in [1.54, 1.807) is 24.3 Å². The molecule has 2 rings (SSSR count). The minimum Gasteiger partial charge on any atom is -0.761 e. The first kappa shape index (κ1) is 12.9. The lowest BCUT2D eigenvalue weighted by atomic mass is 10.1. The van der Waals surface area contributed by atoms with Crippen LogP contribution in [0, 0.1) is 5.21 Å². The first-order valence-corrected chi connectivity index (χ1v) is 5.77. The smallest absolute Gasteiger partial charge is 0.270 e. The van der Waals surface area contributed by atoms with Crippen LogP contribution in [0.4, 0.5) is 5.69 Å². The van der Waals surface area contributed by atoms with Gasteiger partial charge in [0.1, 0.15) is 12.4 Å². The van der Waals surface area contributed by atoms with E-state index in [4.69, 9.17) is 15.9 Å². The summed E-state index contributed by atoms with van der Waals surface area (Å²) >= 11 is 0. The highest BCUT2D eigenvalue weighted by atomic mass is 16.5. The minimum atomic E-state index is 0.299. The summed E-state index contributed by atoms with van der Waals surface area (Å²) in [7, 11) is 0. The maximum absolute atomic E-state index is 10.4. The molecule has 5 nitrogen and oxygen atoms in total. The number of hydrogen-bond donors (Lipinski definition) is 3. The average molecular weight is 257 g/mol. The molecule has 0 saturated carbocycles. The van der Waals surface area contributed by atoms with Crippen molar-refractivity contribution in [2.45, 2.75) is 6.61 Å². The summed E-state index contributed by atoms with van der Waals surface area (Å²) in [5, 5.41) is 15.9. The summed E-state index contributed by atoms with van der Waals surface area (Å²) in [4.78, 5) is 0. The van der Waals surface area contributed by atoms with Crippen LogP contribution in [0.5, 0.6) is 5.75 Å². The molecule has 0 heterocycles. The number of ether oxygens (including phenoxy) is 1. The second kappa shape index (κ2) is 5.88. The van der Waals surface area contributed by atoms with Gasteiger partial charge in [0.2, 0.25) is 0 Å². The van der Waals surface area contributed by atoms with Gasteiger partial charge in [-0.3, -0.25) is 11.1 Å². The Morgan fingerprint density at radius 2 is 1.74 bits per heavy atom. The van der Waals surface area contributed by atoms with Gasteiger partial charge in [0.05, 0.1) is 5.56 Å². The molecule has 0 unspecified atom stereocenters. The van der Waals surface area contributed by atoms with Crippen molar-refractivity contribution in [1.29, 1.82) is 0 Å². The van der Waals surface area contributed by atoms with Crippen molar-refractivity contribution in [2.75, 3.05) is 5.48 Å². The molecule has 0 aliphatic carbocycles. The van der Waals surface area contributed by atoms with E-state index in [9.17, 15) is 5.21 Å². The molecule has 0 spiro atoms. The Kier molecular flexibility index (Phi) is 4.00. The average Bonchev–Trinajstić information content (AvgIpc) is 2.46. The van der Waals surface area contributed by atoms with E-state index in [0.717, 1.165) is 11.1 Å². The summed E-state index contributed by atoms with van der Waals surface area (Å²) in [6, 6.07) is 14.3. The van der Waals surface area contributed by atoms with Crippen LogP contribution in [0.15, 0.2) is 48.5 Å². The Morgan fingerprint density at radius 1 is 1.11 bits per heavy atom. The molecule has 0 saturated heterocycles. The van der Waals surface area contributed by atoms with Crippen LogP contribution < -0.4 is 21.4 Å². The van der Waals surface area contributed by atoms with Crippen LogP contribution in [0.3, 0.4) is 0 Å². The lowest BCUT2D eigenvalue weighted by Crippen LogP contribution is -2.46. The van der Waals surface area contributed by atoms with E-state index in [0.29, 0.717) is 23.9 Å². The maximum atomic E-state index is 10.4. The normalized spacial score (nSPS) is 9.95. The fourth-order valence-corrected chi connectivity index (χ4v) is 1.58. The molecule has 19 heavy (non-hydrogen) atoms. The maximum Gasteiger partial charge on any atom is 0.270 e. The van der Waals surface area contributed by atoms with Crippen molar-refractivity contribution in [3.8, 4) is 5.75 Å². The summed E-state index contributed by atoms with van der Waals surface area (Å²) in [6.45, 7) is 0.439. The molecule has 2 aromatic rings. The van der Waals surface area contributed by atoms with E-state index in [1.807, 2.05) is 29.7 Å². The molecule has 5 N–H and O–H groups in total. The van der Waals surface area contributed by atoms with Crippen molar-refractivity contribution in [3.05, 3.63) is 64.9 Å². The standard InChI is InChI=1S/C14H14N3O2/c15-14(16)11-3-1-10(2-4-11)9-19-13-7-5-12(17-18)6-8-13/h1-8,17H,9H2,(H3,15,16)/q-1/p+1. The molecule has 0 aliphatic rings. The lowest BCUT2D eigenvalue weighted by molar-refractivity contribution is -0.114. The number of anilines is 1. The summed E-state index contributed by atoms with van der Waals surface area (Å²) in [5.41, 5.74) is 9.62. The van der Waals surface area contributed by atoms with Crippen molar-refractivity contribution in [3.63, 3.8) is 0 Å². The fraction of sp³-hybridized carbons (Fsp3) is 0.0714. The quantitative estimate of drug-likeness (QED) is 0.416. The highest BCUT2D eigenvalue weighted by Gasteiger charge is 2.01. The SMILES string of the molecule is NC(=[NH2+])c1ccc(COc2ccc(N[O-])cc2)cc1. The Balaban J connectivity index is 1.95. The first-order chi connectivity index (χ1) is 9.19. The van der Waals surface area contributed by atoms with Gasteiger partial charge in [0.25, 0.3) is 5.84 Å². The van der Waals surface area contributed by atoms with E-state index < -0.39 is 0 Å². The number of hydrogen-bond acceptors (Lipinski definition) is 3. The first-order valence-electron chi connectivity index (χ1n) is 5.77. The van der Waals surface area contributed by atoms with Gasteiger partial charge in [-0.15, -0.1) is 0 Å². The molecule has 0 bridgehead atoms. The molecule has 0 fully saturated rings. The molecule has 0 aromatic heterocycles. The molecule has 0 radical (unpaired) electrons. The molecule has 98 valence electrons. The van der Waals surface area contributed by atoms with Crippen molar-refractivity contribution >= 4 is 11.5 Å². The highest BCUT2D eigenvalue weighted by Crippen LogP contribution is 2.16. The van der Waals surface area contributed by atoms with Gasteiger partial charge in [0.15, 0.2) is 0 Å². The minimum absolute atomic E-state index is 0.299. The van der Waals surface area contributed by atoms with Crippen LogP contribution in [-0.4, -0.2) is 5.84 Å². The predicted molar refractivity (Wildman–Crippen MR) is 74.4 cm³/mol. The number of amidine groups is 1. The molecule has 5 heteroatoms. The molecule has 0 aliphatic heterocycles. The van der Waals surface area contributed by atoms with Crippen molar-refractivity contribution in [2.24, 2.45) is 5.73 Å². The van der Waals surface area contributed by atoms with Gasteiger partial charge in [-0.05, 0) is 42.0 Å². The summed E-state index contributed by atoms with van der Waals surface area (Å²) in [6.07, 6.45) is 0. The van der Waals surface area contributed by atoms with Crippen molar-refractivity contribution in [1.82, 2.24) is 0 Å². The van der Waals surface area contributed by atoms with Crippen LogP contribution in [0.25, 0.3) is 0 Å². The Hall–Kier alpha value is -2.53. The predicted octanol–water partition coefficient (Wildman–Crippen LogP) is 0.640. The topological polar surface area (TPSA) is 95.9 Å². The number of benzene rings is 2. The van der Waals surface area contributed by atoms with Gasteiger partial charge < -0.3 is 15.4 Å². The zero-order chi connectivity index (χ0) is 13.7. The largest absolute Gasteiger partial charge is 0.761 e. The van der Waals surface area contributed by atoms with E-state index in [2.05, 4.69) is 0 Å². The van der Waals surface area contributed by atoms with Gasteiger partial charge in [-0.1, -0.05) is 12.1 Å². The summed E-state index contributed by atoms with van der Waals surface area (Å²) in [5.74, 6) is 1.00. The van der Waals surface area contributed by atoms with Crippen LogP contribution >= 0.6 is 0 Å². The third-order valence-electron chi connectivity index (χ3n) is 2.66. The Labute approximate surface area is 111 Å². The van der Waals surface area contributed by atoms with Crippen LogP contribution in [0.2, 0.25) is 0 Å². The molecule has 0 amide bonds. The van der Waals surface area contributed by atoms with Crippen LogP contribution in [0.1, 0.15) is 11.1 Å².